The van der Waals surface area contributed by atoms with Crippen LogP contribution in [-0.4, -0.2) is 101 Å². The molecule has 1 aromatic heterocycles. The average Bonchev–Trinajstić information content (AvgIpc) is 3.42. The maximum Gasteiger partial charge on any atom is 0.397 e. The van der Waals surface area contributed by atoms with Gasteiger partial charge in [-0.15, -0.1) is 10.6 Å². The van der Waals surface area contributed by atoms with Gasteiger partial charge in [0.05, 0.1) is 37.8 Å². The Morgan fingerprint density at radius 3 is 2.80 bits per heavy atom. The summed E-state index contributed by atoms with van der Waals surface area (Å²) >= 11 is 0. The molecule has 0 spiro atoms. The molecule has 35 heavy (non-hydrogen) atoms. The molecule has 0 aromatic carbocycles. The van der Waals surface area contributed by atoms with Crippen molar-refractivity contribution in [3.05, 3.63) is 35.7 Å². The molecule has 1 aromatic rings. The SMILES string of the molecule is N/C(=C\NCCO)CN(CC1=CN(COCCCCOS(=O)(=O)O)NN1)Cc1cn(CCO)nn1. The lowest BCUT2D eigenvalue weighted by Crippen LogP contribution is -2.39. The number of hydrogen-bond acceptors (Lipinski definition) is 14. The molecule has 1 aliphatic rings. The molecule has 2 rings (SSSR count). The van der Waals surface area contributed by atoms with Gasteiger partial charge in [0.15, 0.2) is 0 Å². The van der Waals surface area contributed by atoms with Crippen LogP contribution in [0.3, 0.4) is 0 Å². The summed E-state index contributed by atoms with van der Waals surface area (Å²) in [4.78, 5) is 2.04. The Bertz CT molecular complexity index is 910. The number of ether oxygens (including phenoxy) is 1. The molecule has 0 amide bonds. The van der Waals surface area contributed by atoms with Crippen LogP contribution < -0.4 is 22.0 Å². The van der Waals surface area contributed by atoms with Crippen LogP contribution in [0.2, 0.25) is 0 Å². The zero-order valence-electron chi connectivity index (χ0n) is 19.4. The van der Waals surface area contributed by atoms with E-state index in [-0.39, 0.29) is 26.6 Å². The van der Waals surface area contributed by atoms with Gasteiger partial charge in [-0.1, -0.05) is 5.21 Å². The quantitative estimate of drug-likeness (QED) is 0.0723. The first-order chi connectivity index (χ1) is 16.8. The van der Waals surface area contributed by atoms with Gasteiger partial charge in [0.2, 0.25) is 0 Å². The van der Waals surface area contributed by atoms with Crippen molar-refractivity contribution in [1.29, 1.82) is 0 Å². The van der Waals surface area contributed by atoms with Crippen LogP contribution in [0.4, 0.5) is 0 Å². The second-order valence-corrected chi connectivity index (χ2v) is 8.68. The standard InChI is InChI=1S/C18H35N9O7S/c19-16(9-20-3-5-28)10-25(11-17-13-26(4-6-29)23-21-17)12-18-14-27(24-22-18)15-33-7-1-2-8-34-35(30,31)32/h9,13-14,20,22,24,28-29H,1-8,10-12,15,19H2,(H,30,31,32)/b16-9-. The Hall–Kier alpha value is -2.51. The number of nitrogens with zero attached hydrogens (tertiary/aromatic N) is 5. The topological polar surface area (TPSA) is 213 Å². The van der Waals surface area contributed by atoms with E-state index < -0.39 is 10.4 Å². The lowest BCUT2D eigenvalue weighted by molar-refractivity contribution is 0.0270. The van der Waals surface area contributed by atoms with Crippen LogP contribution in [-0.2, 0) is 32.4 Å². The molecule has 16 nitrogen and oxygen atoms in total. The lowest BCUT2D eigenvalue weighted by atomic mass is 10.3. The normalized spacial score (nSPS) is 14.5. The van der Waals surface area contributed by atoms with E-state index in [1.54, 1.807) is 22.1 Å². The summed E-state index contributed by atoms with van der Waals surface area (Å²) in [6.45, 7) is 2.64. The summed E-state index contributed by atoms with van der Waals surface area (Å²) in [5.74, 6) is 0. The van der Waals surface area contributed by atoms with Crippen LogP contribution in [0.25, 0.3) is 0 Å². The maximum absolute atomic E-state index is 10.5. The largest absolute Gasteiger partial charge is 0.400 e. The first kappa shape index (κ1) is 28.7. The average molecular weight is 522 g/mol. The van der Waals surface area contributed by atoms with Crippen molar-refractivity contribution in [1.82, 2.24) is 41.2 Å². The number of unbranched alkanes of at least 4 members (excludes halogenated alkanes) is 1. The fourth-order valence-electron chi connectivity index (χ4n) is 3.01. The van der Waals surface area contributed by atoms with Gasteiger partial charge in [0.1, 0.15) is 6.73 Å². The highest BCUT2D eigenvalue weighted by Gasteiger charge is 2.17. The molecular weight excluding hydrogens is 486 g/mol. The van der Waals surface area contributed by atoms with Crippen molar-refractivity contribution in [2.45, 2.75) is 25.9 Å². The fraction of sp³-hybridized carbons (Fsp3) is 0.667. The van der Waals surface area contributed by atoms with Crippen LogP contribution in [0, 0.1) is 0 Å². The highest BCUT2D eigenvalue weighted by atomic mass is 32.3. The van der Waals surface area contributed by atoms with E-state index in [1.807, 2.05) is 11.1 Å². The summed E-state index contributed by atoms with van der Waals surface area (Å²) in [5.41, 5.74) is 14.3. The highest BCUT2D eigenvalue weighted by molar-refractivity contribution is 7.80. The molecule has 2 heterocycles. The van der Waals surface area contributed by atoms with Gasteiger partial charge in [0, 0.05) is 57.1 Å². The summed E-state index contributed by atoms with van der Waals surface area (Å²) in [5, 5.41) is 30.8. The van der Waals surface area contributed by atoms with Gasteiger partial charge in [-0.25, -0.2) is 8.86 Å². The van der Waals surface area contributed by atoms with Crippen LogP contribution in [0.5, 0.6) is 0 Å². The summed E-state index contributed by atoms with van der Waals surface area (Å²) in [6, 6.07) is 0. The lowest BCUT2D eigenvalue weighted by Gasteiger charge is -2.21. The van der Waals surface area contributed by atoms with Gasteiger partial charge < -0.3 is 31.4 Å². The highest BCUT2D eigenvalue weighted by Crippen LogP contribution is 2.08. The fourth-order valence-corrected chi connectivity index (χ4v) is 3.34. The van der Waals surface area contributed by atoms with Gasteiger partial charge in [-0.3, -0.25) is 14.5 Å². The number of aliphatic hydroxyl groups is 2. The smallest absolute Gasteiger partial charge is 0.397 e. The van der Waals surface area contributed by atoms with Gasteiger partial charge in [-0.05, 0) is 12.8 Å². The molecule has 0 bridgehead atoms. The number of aromatic nitrogens is 3. The Morgan fingerprint density at radius 1 is 1.26 bits per heavy atom. The number of nitrogens with two attached hydrogens (primary N) is 1. The molecular formula is C18H35N9O7S. The number of aliphatic hydroxyl groups excluding tert-OH is 2. The molecule has 0 unspecified atom stereocenters. The molecule has 0 saturated carbocycles. The predicted octanol–water partition coefficient (Wildman–Crippen LogP) is -2.81. The number of rotatable bonds is 19. The van der Waals surface area contributed by atoms with Crippen molar-refractivity contribution in [3.8, 4) is 0 Å². The Kier molecular flexibility index (Phi) is 12.7. The minimum absolute atomic E-state index is 0.000182. The molecule has 1 aliphatic heterocycles. The molecule has 17 heteroatoms. The van der Waals surface area contributed by atoms with E-state index in [2.05, 4.69) is 30.8 Å². The molecule has 0 aliphatic carbocycles. The van der Waals surface area contributed by atoms with Crippen molar-refractivity contribution in [2.24, 2.45) is 5.73 Å². The summed E-state index contributed by atoms with van der Waals surface area (Å²) < 4.78 is 40.8. The van der Waals surface area contributed by atoms with Crippen LogP contribution in [0.15, 0.2) is 30.0 Å². The Labute approximate surface area is 204 Å². The van der Waals surface area contributed by atoms with Crippen molar-refractivity contribution < 1.29 is 32.1 Å². The van der Waals surface area contributed by atoms with E-state index in [0.29, 0.717) is 57.9 Å². The van der Waals surface area contributed by atoms with E-state index in [0.717, 1.165) is 11.4 Å². The Morgan fingerprint density at radius 2 is 2.06 bits per heavy atom. The molecule has 0 saturated heterocycles. The summed E-state index contributed by atoms with van der Waals surface area (Å²) in [7, 11) is -4.40. The third-order valence-electron chi connectivity index (χ3n) is 4.46. The van der Waals surface area contributed by atoms with Gasteiger partial charge in [0.25, 0.3) is 0 Å². The molecule has 8 N–H and O–H groups in total. The van der Waals surface area contributed by atoms with Crippen LogP contribution >= 0.6 is 0 Å². The number of hydrogen-bond donors (Lipinski definition) is 7. The van der Waals surface area contributed by atoms with E-state index >= 15 is 0 Å². The molecule has 0 radical (unpaired) electrons. The van der Waals surface area contributed by atoms with Crippen molar-refractivity contribution in [2.75, 3.05) is 52.8 Å². The zero-order valence-corrected chi connectivity index (χ0v) is 20.2. The minimum atomic E-state index is -4.40. The zero-order chi connectivity index (χ0) is 25.5. The van der Waals surface area contributed by atoms with E-state index in [1.165, 1.54) is 0 Å². The monoisotopic (exact) mass is 521 g/mol. The Balaban J connectivity index is 1.83. The minimum Gasteiger partial charge on any atom is -0.400 e. The number of hydrazine groups is 2. The van der Waals surface area contributed by atoms with Gasteiger partial charge >= 0.3 is 10.4 Å². The second kappa shape index (κ2) is 15.5. The second-order valence-electron chi connectivity index (χ2n) is 7.59. The first-order valence-corrected chi connectivity index (χ1v) is 12.3. The number of nitrogens with one attached hydrogen (secondary N) is 3. The maximum atomic E-state index is 10.5. The third kappa shape index (κ3) is 12.7. The van der Waals surface area contributed by atoms with Crippen molar-refractivity contribution in [3.63, 3.8) is 0 Å². The van der Waals surface area contributed by atoms with Crippen LogP contribution in [0.1, 0.15) is 18.5 Å². The van der Waals surface area contributed by atoms with E-state index in [4.69, 9.17) is 25.2 Å². The third-order valence-corrected chi connectivity index (χ3v) is 4.93. The van der Waals surface area contributed by atoms with E-state index in [9.17, 15) is 8.42 Å². The molecule has 0 atom stereocenters. The van der Waals surface area contributed by atoms with Gasteiger partial charge in [-0.2, -0.15) is 8.42 Å². The van der Waals surface area contributed by atoms with Crippen molar-refractivity contribution >= 4 is 10.4 Å². The summed E-state index contributed by atoms with van der Waals surface area (Å²) in [6.07, 6.45) is 6.26. The first-order valence-electron chi connectivity index (χ1n) is 11.0. The predicted molar refractivity (Wildman–Crippen MR) is 123 cm³/mol. The molecule has 200 valence electrons. The molecule has 0 fully saturated rings.